The first-order valence-corrected chi connectivity index (χ1v) is 12.3. The molecule has 2 aromatic carbocycles. The minimum atomic E-state index is -1.75. The smallest absolute Gasteiger partial charge is 0.417 e. The predicted octanol–water partition coefficient (Wildman–Crippen LogP) is 3.93. The Kier molecular flexibility index (Phi) is 5.57. The molecule has 2 aromatic rings. The Bertz CT molecular complexity index is 761. The number of benzene rings is 2. The lowest BCUT2D eigenvalue weighted by molar-refractivity contribution is -0.127. The number of amides is 2. The zero-order valence-corrected chi connectivity index (χ0v) is 16.4. The Labute approximate surface area is 155 Å². The number of carbonyl (C=O) groups excluding carboxylic acids is 2. The summed E-state index contributed by atoms with van der Waals surface area (Å²) in [5.41, 5.74) is 0.919. The van der Waals surface area contributed by atoms with Crippen LogP contribution in [0.1, 0.15) is 18.4 Å². The Morgan fingerprint density at radius 2 is 1.69 bits per heavy atom. The first-order chi connectivity index (χ1) is 12.5. The van der Waals surface area contributed by atoms with Crippen LogP contribution in [0.15, 0.2) is 60.7 Å². The third-order valence-corrected chi connectivity index (χ3v) is 8.42. The first-order valence-electron chi connectivity index (χ1n) is 9.05. The lowest BCUT2D eigenvalue weighted by Crippen LogP contribution is -2.48. The summed E-state index contributed by atoms with van der Waals surface area (Å²) in [6, 6.07) is 20.8. The molecular formula is C21H25NO3Si. The van der Waals surface area contributed by atoms with Crippen molar-refractivity contribution in [2.24, 2.45) is 0 Å². The minimum absolute atomic E-state index is 0.0624. The van der Waals surface area contributed by atoms with Crippen molar-refractivity contribution in [2.75, 3.05) is 0 Å². The van der Waals surface area contributed by atoms with E-state index in [1.54, 1.807) is 0 Å². The molecule has 3 rings (SSSR count). The van der Waals surface area contributed by atoms with Crippen molar-refractivity contribution in [3.63, 3.8) is 0 Å². The maximum Gasteiger partial charge on any atom is 0.417 e. The van der Waals surface area contributed by atoms with Crippen LogP contribution in [0.4, 0.5) is 4.79 Å². The summed E-state index contributed by atoms with van der Waals surface area (Å²) >= 11 is 0. The highest BCUT2D eigenvalue weighted by atomic mass is 28.3. The van der Waals surface area contributed by atoms with Crippen LogP contribution in [0.25, 0.3) is 0 Å². The van der Waals surface area contributed by atoms with Crippen molar-refractivity contribution in [2.45, 2.75) is 44.6 Å². The van der Waals surface area contributed by atoms with Crippen LogP contribution in [0.5, 0.6) is 0 Å². The van der Waals surface area contributed by atoms with Gasteiger partial charge in [-0.2, -0.15) is 0 Å². The summed E-state index contributed by atoms with van der Waals surface area (Å²) in [5.74, 6) is -0.120. The third-order valence-electron chi connectivity index (χ3n) is 5.03. The number of rotatable bonds is 5. The van der Waals surface area contributed by atoms with Crippen LogP contribution in [0.3, 0.4) is 0 Å². The van der Waals surface area contributed by atoms with Crippen molar-refractivity contribution >= 4 is 25.3 Å². The molecule has 0 spiro atoms. The number of hydrogen-bond donors (Lipinski definition) is 0. The SMILES string of the molecule is C[Si](C)(C[C@@H]1CCC(=O)N1C(=O)OCc1ccccc1)c1ccccc1. The molecule has 1 aliphatic heterocycles. The number of ether oxygens (including phenoxy) is 1. The normalized spacial score (nSPS) is 17.4. The molecular weight excluding hydrogens is 342 g/mol. The van der Waals surface area contributed by atoms with Crippen molar-refractivity contribution in [1.29, 1.82) is 0 Å². The van der Waals surface area contributed by atoms with Gasteiger partial charge in [-0.05, 0) is 18.0 Å². The van der Waals surface area contributed by atoms with E-state index in [9.17, 15) is 9.59 Å². The molecule has 0 aromatic heterocycles. The van der Waals surface area contributed by atoms with Gasteiger partial charge in [0.2, 0.25) is 5.91 Å². The molecule has 5 heteroatoms. The van der Waals surface area contributed by atoms with Crippen molar-refractivity contribution in [1.82, 2.24) is 4.90 Å². The monoisotopic (exact) mass is 367 g/mol. The van der Waals surface area contributed by atoms with Crippen LogP contribution in [0, 0.1) is 0 Å². The molecule has 0 N–H and O–H groups in total. The van der Waals surface area contributed by atoms with Gasteiger partial charge in [-0.25, -0.2) is 9.69 Å². The zero-order valence-electron chi connectivity index (χ0n) is 15.4. The van der Waals surface area contributed by atoms with Crippen molar-refractivity contribution in [3.8, 4) is 0 Å². The predicted molar refractivity (Wildman–Crippen MR) is 105 cm³/mol. The summed E-state index contributed by atoms with van der Waals surface area (Å²) in [6.07, 6.45) is 0.631. The summed E-state index contributed by atoms with van der Waals surface area (Å²) in [5, 5.41) is 1.34. The van der Waals surface area contributed by atoms with Gasteiger partial charge in [0, 0.05) is 12.5 Å². The fourth-order valence-corrected chi connectivity index (χ4v) is 6.47. The molecule has 1 heterocycles. The van der Waals surface area contributed by atoms with E-state index in [0.29, 0.717) is 6.42 Å². The van der Waals surface area contributed by atoms with E-state index in [0.717, 1.165) is 18.0 Å². The summed E-state index contributed by atoms with van der Waals surface area (Å²) in [6.45, 7) is 4.77. The Morgan fingerprint density at radius 1 is 1.08 bits per heavy atom. The van der Waals surface area contributed by atoms with Crippen LogP contribution < -0.4 is 5.19 Å². The van der Waals surface area contributed by atoms with E-state index < -0.39 is 14.2 Å². The van der Waals surface area contributed by atoms with Gasteiger partial charge in [0.25, 0.3) is 0 Å². The van der Waals surface area contributed by atoms with Gasteiger partial charge < -0.3 is 4.74 Å². The molecule has 4 nitrogen and oxygen atoms in total. The first kappa shape index (κ1) is 18.4. The van der Waals surface area contributed by atoms with Crippen LogP contribution in [0.2, 0.25) is 19.1 Å². The fourth-order valence-electron chi connectivity index (χ4n) is 3.57. The molecule has 0 saturated carbocycles. The number of nitrogens with zero attached hydrogens (tertiary/aromatic N) is 1. The molecule has 2 amide bonds. The topological polar surface area (TPSA) is 46.6 Å². The second kappa shape index (κ2) is 7.87. The molecule has 26 heavy (non-hydrogen) atoms. The van der Waals surface area contributed by atoms with Gasteiger partial charge in [-0.1, -0.05) is 78.9 Å². The van der Waals surface area contributed by atoms with Crippen LogP contribution >= 0.6 is 0 Å². The summed E-state index contributed by atoms with van der Waals surface area (Å²) in [4.78, 5) is 26.2. The van der Waals surface area contributed by atoms with Gasteiger partial charge in [0.05, 0.1) is 8.07 Å². The van der Waals surface area contributed by atoms with Crippen LogP contribution in [-0.4, -0.2) is 31.0 Å². The fraction of sp³-hybridized carbons (Fsp3) is 0.333. The molecule has 1 saturated heterocycles. The molecule has 0 radical (unpaired) electrons. The van der Waals surface area contributed by atoms with Gasteiger partial charge in [-0.3, -0.25) is 4.79 Å². The lowest BCUT2D eigenvalue weighted by atomic mass is 10.2. The Balaban J connectivity index is 1.67. The van der Waals surface area contributed by atoms with E-state index in [2.05, 4.69) is 37.4 Å². The highest BCUT2D eigenvalue weighted by molar-refractivity contribution is 6.89. The van der Waals surface area contributed by atoms with Crippen molar-refractivity contribution in [3.05, 3.63) is 66.2 Å². The number of imide groups is 1. The number of carbonyl (C=O) groups is 2. The molecule has 0 unspecified atom stereocenters. The number of hydrogen-bond acceptors (Lipinski definition) is 3. The average molecular weight is 368 g/mol. The molecule has 1 aliphatic rings. The highest BCUT2D eigenvalue weighted by Crippen LogP contribution is 2.27. The molecule has 1 fully saturated rings. The van der Waals surface area contributed by atoms with Gasteiger partial charge in [0.15, 0.2) is 0 Å². The standard InChI is InChI=1S/C21H25NO3Si/c1-26(2,19-11-7-4-8-12-19)16-18-13-14-20(23)22(18)21(24)25-15-17-9-5-3-6-10-17/h3-12,18H,13-16H2,1-2H3/t18-/m0/s1. The second-order valence-electron chi connectivity index (χ2n) is 7.45. The van der Waals surface area contributed by atoms with Crippen LogP contribution in [-0.2, 0) is 16.1 Å². The Morgan fingerprint density at radius 3 is 2.35 bits per heavy atom. The largest absolute Gasteiger partial charge is 0.444 e. The number of likely N-dealkylation sites (tertiary alicyclic amines) is 1. The van der Waals surface area contributed by atoms with Gasteiger partial charge >= 0.3 is 6.09 Å². The summed E-state index contributed by atoms with van der Waals surface area (Å²) < 4.78 is 5.41. The third kappa shape index (κ3) is 4.22. The maximum absolute atomic E-state index is 12.6. The minimum Gasteiger partial charge on any atom is -0.444 e. The molecule has 0 bridgehead atoms. The maximum atomic E-state index is 12.6. The average Bonchev–Trinajstić information content (AvgIpc) is 3.01. The lowest BCUT2D eigenvalue weighted by Gasteiger charge is -2.30. The van der Waals surface area contributed by atoms with E-state index in [1.165, 1.54) is 10.1 Å². The van der Waals surface area contributed by atoms with Crippen molar-refractivity contribution < 1.29 is 14.3 Å². The van der Waals surface area contributed by atoms with E-state index in [4.69, 9.17) is 4.74 Å². The van der Waals surface area contributed by atoms with E-state index >= 15 is 0 Å². The summed E-state index contributed by atoms with van der Waals surface area (Å²) in [7, 11) is -1.75. The quantitative estimate of drug-likeness (QED) is 0.752. The van der Waals surface area contributed by atoms with E-state index in [-0.39, 0.29) is 18.6 Å². The highest BCUT2D eigenvalue weighted by Gasteiger charge is 2.40. The van der Waals surface area contributed by atoms with E-state index in [1.807, 2.05) is 36.4 Å². The zero-order chi connectivity index (χ0) is 18.6. The molecule has 136 valence electrons. The second-order valence-corrected chi connectivity index (χ2v) is 12.2. The van der Waals surface area contributed by atoms with Gasteiger partial charge in [-0.15, -0.1) is 0 Å². The molecule has 1 atom stereocenters. The Hall–Kier alpha value is -2.40. The van der Waals surface area contributed by atoms with Gasteiger partial charge in [0.1, 0.15) is 6.61 Å². The molecule has 0 aliphatic carbocycles.